The van der Waals surface area contributed by atoms with Crippen LogP contribution in [0.3, 0.4) is 0 Å². The van der Waals surface area contributed by atoms with Gasteiger partial charge in [0.15, 0.2) is 0 Å². The summed E-state index contributed by atoms with van der Waals surface area (Å²) in [6.45, 7) is 7.58. The second kappa shape index (κ2) is 6.10. The largest absolute Gasteiger partial charge is 0.338 e. The number of aromatic amines is 1. The van der Waals surface area contributed by atoms with Crippen LogP contribution in [0.1, 0.15) is 19.4 Å². The summed E-state index contributed by atoms with van der Waals surface area (Å²) in [5.74, 6) is 0.936. The summed E-state index contributed by atoms with van der Waals surface area (Å²) >= 11 is 0. The van der Waals surface area contributed by atoms with E-state index in [9.17, 15) is 0 Å². The van der Waals surface area contributed by atoms with Gasteiger partial charge in [-0.15, -0.1) is 0 Å². The molecule has 0 fully saturated rings. The van der Waals surface area contributed by atoms with Crippen molar-refractivity contribution in [1.29, 1.82) is 0 Å². The lowest BCUT2D eigenvalue weighted by atomic mass is 10.1. The maximum atomic E-state index is 4.64. The summed E-state index contributed by atoms with van der Waals surface area (Å²) in [4.78, 5) is 10.4. The minimum Gasteiger partial charge on any atom is -0.338 e. The summed E-state index contributed by atoms with van der Waals surface area (Å²) < 4.78 is 0. The zero-order valence-electron chi connectivity index (χ0n) is 12.6. The molecule has 0 aliphatic heterocycles. The van der Waals surface area contributed by atoms with Gasteiger partial charge in [0.25, 0.3) is 0 Å². The summed E-state index contributed by atoms with van der Waals surface area (Å²) in [5.41, 5.74) is 4.58. The Morgan fingerprint density at radius 3 is 2.33 bits per heavy atom. The predicted molar refractivity (Wildman–Crippen MR) is 88.2 cm³/mol. The molecule has 0 spiro atoms. The van der Waals surface area contributed by atoms with Crippen molar-refractivity contribution in [3.8, 4) is 11.4 Å². The third-order valence-electron chi connectivity index (χ3n) is 3.92. The quantitative estimate of drug-likeness (QED) is 0.763. The van der Waals surface area contributed by atoms with Crippen LogP contribution in [0.4, 0.5) is 0 Å². The van der Waals surface area contributed by atoms with Crippen molar-refractivity contribution in [1.82, 2.24) is 14.9 Å². The third-order valence-corrected chi connectivity index (χ3v) is 3.92. The molecule has 0 amide bonds. The van der Waals surface area contributed by atoms with E-state index in [2.05, 4.69) is 59.0 Å². The van der Waals surface area contributed by atoms with Crippen molar-refractivity contribution in [2.75, 3.05) is 13.1 Å². The molecule has 0 atom stereocenters. The highest BCUT2D eigenvalue weighted by Gasteiger charge is 2.06. The highest BCUT2D eigenvalue weighted by Crippen LogP contribution is 2.21. The van der Waals surface area contributed by atoms with Crippen LogP contribution in [0.2, 0.25) is 0 Å². The van der Waals surface area contributed by atoms with Crippen LogP contribution >= 0.6 is 0 Å². The van der Waals surface area contributed by atoms with Crippen LogP contribution in [0.5, 0.6) is 0 Å². The Balaban J connectivity index is 1.83. The van der Waals surface area contributed by atoms with Crippen molar-refractivity contribution in [3.63, 3.8) is 0 Å². The predicted octanol–water partition coefficient (Wildman–Crippen LogP) is 4.07. The fraction of sp³-hybridized carbons (Fsp3) is 0.278. The van der Waals surface area contributed by atoms with Gasteiger partial charge in [-0.3, -0.25) is 4.90 Å². The lowest BCUT2D eigenvalue weighted by molar-refractivity contribution is 0.296. The van der Waals surface area contributed by atoms with Crippen LogP contribution in [-0.4, -0.2) is 28.0 Å². The lowest BCUT2D eigenvalue weighted by Gasteiger charge is -2.17. The van der Waals surface area contributed by atoms with E-state index in [4.69, 9.17) is 0 Å². The molecule has 0 unspecified atom stereocenters. The molecular formula is C18H21N3. The summed E-state index contributed by atoms with van der Waals surface area (Å²) in [6.07, 6.45) is 0. The number of rotatable bonds is 5. The molecular weight excluding hydrogens is 258 g/mol. The first-order valence-corrected chi connectivity index (χ1v) is 7.56. The molecule has 0 aliphatic rings. The first-order chi connectivity index (χ1) is 10.3. The first kappa shape index (κ1) is 13.8. The van der Waals surface area contributed by atoms with Crippen molar-refractivity contribution in [3.05, 3.63) is 54.1 Å². The smallest absolute Gasteiger partial charge is 0.138 e. The molecule has 108 valence electrons. The van der Waals surface area contributed by atoms with Crippen LogP contribution in [0.25, 0.3) is 22.4 Å². The molecule has 0 saturated carbocycles. The summed E-state index contributed by atoms with van der Waals surface area (Å²) in [5, 5.41) is 0. The van der Waals surface area contributed by atoms with Gasteiger partial charge in [0.05, 0.1) is 11.0 Å². The number of nitrogens with one attached hydrogen (secondary N) is 1. The molecule has 0 aliphatic carbocycles. The minimum absolute atomic E-state index is 0.936. The van der Waals surface area contributed by atoms with E-state index in [0.29, 0.717) is 0 Å². The lowest BCUT2D eigenvalue weighted by Crippen LogP contribution is -2.21. The number of nitrogens with zero attached hydrogens (tertiary/aromatic N) is 2. The summed E-state index contributed by atoms with van der Waals surface area (Å²) in [7, 11) is 0. The molecule has 1 N–H and O–H groups in total. The zero-order valence-corrected chi connectivity index (χ0v) is 12.6. The highest BCUT2D eigenvalue weighted by molar-refractivity contribution is 5.79. The number of hydrogen-bond acceptors (Lipinski definition) is 2. The molecule has 0 bridgehead atoms. The van der Waals surface area contributed by atoms with Crippen LogP contribution in [-0.2, 0) is 6.54 Å². The van der Waals surface area contributed by atoms with E-state index < -0.39 is 0 Å². The van der Waals surface area contributed by atoms with Gasteiger partial charge in [0.2, 0.25) is 0 Å². The van der Waals surface area contributed by atoms with Crippen molar-refractivity contribution >= 4 is 11.0 Å². The number of H-pyrrole nitrogens is 1. The maximum absolute atomic E-state index is 4.64. The van der Waals surface area contributed by atoms with Gasteiger partial charge in [-0.1, -0.05) is 50.2 Å². The fourth-order valence-electron chi connectivity index (χ4n) is 2.56. The van der Waals surface area contributed by atoms with E-state index in [-0.39, 0.29) is 0 Å². The Bertz CT molecular complexity index is 676. The van der Waals surface area contributed by atoms with E-state index in [1.54, 1.807) is 0 Å². The number of hydrogen-bond donors (Lipinski definition) is 1. The van der Waals surface area contributed by atoms with E-state index in [1.807, 2.05) is 18.2 Å². The maximum Gasteiger partial charge on any atom is 0.138 e. The number of aromatic nitrogens is 2. The van der Waals surface area contributed by atoms with Crippen LogP contribution in [0.15, 0.2) is 48.5 Å². The third kappa shape index (κ3) is 2.98. The standard InChI is InChI=1S/C18H21N3/c1-3-21(4-2)13-14-9-11-15(12-10-14)18-19-16-7-5-6-8-17(16)20-18/h5-12H,3-4,13H2,1-2H3,(H,19,20). The van der Waals surface area contributed by atoms with Gasteiger partial charge < -0.3 is 4.98 Å². The van der Waals surface area contributed by atoms with Crippen LogP contribution < -0.4 is 0 Å². The molecule has 2 aromatic carbocycles. The number of para-hydroxylation sites is 2. The topological polar surface area (TPSA) is 31.9 Å². The first-order valence-electron chi connectivity index (χ1n) is 7.56. The Kier molecular flexibility index (Phi) is 4.02. The number of benzene rings is 2. The normalized spacial score (nSPS) is 11.4. The zero-order chi connectivity index (χ0) is 14.7. The average Bonchev–Trinajstić information content (AvgIpc) is 2.97. The molecule has 1 heterocycles. The van der Waals surface area contributed by atoms with Crippen molar-refractivity contribution in [2.45, 2.75) is 20.4 Å². The number of fused-ring (bicyclic) bond motifs is 1. The Hall–Kier alpha value is -2.13. The molecule has 1 aromatic heterocycles. The molecule has 21 heavy (non-hydrogen) atoms. The second-order valence-electron chi connectivity index (χ2n) is 5.26. The molecule has 3 heteroatoms. The highest BCUT2D eigenvalue weighted by atomic mass is 15.1. The SMILES string of the molecule is CCN(CC)Cc1ccc(-c2nc3ccccc3[nH]2)cc1. The van der Waals surface area contributed by atoms with Crippen LogP contribution in [0, 0.1) is 0 Å². The van der Waals surface area contributed by atoms with Gasteiger partial charge in [0, 0.05) is 12.1 Å². The Morgan fingerprint density at radius 1 is 0.952 bits per heavy atom. The van der Waals surface area contributed by atoms with Gasteiger partial charge in [-0.2, -0.15) is 0 Å². The molecule has 3 rings (SSSR count). The van der Waals surface area contributed by atoms with Gasteiger partial charge in [-0.25, -0.2) is 4.98 Å². The van der Waals surface area contributed by atoms with Crippen molar-refractivity contribution < 1.29 is 0 Å². The van der Waals surface area contributed by atoms with E-state index >= 15 is 0 Å². The second-order valence-corrected chi connectivity index (χ2v) is 5.26. The van der Waals surface area contributed by atoms with E-state index in [1.165, 1.54) is 5.56 Å². The minimum atomic E-state index is 0.936. The molecule has 0 radical (unpaired) electrons. The Morgan fingerprint density at radius 2 is 1.67 bits per heavy atom. The molecule has 3 nitrogen and oxygen atoms in total. The average molecular weight is 279 g/mol. The van der Waals surface area contributed by atoms with E-state index in [0.717, 1.165) is 42.1 Å². The van der Waals surface area contributed by atoms with Gasteiger partial charge in [0.1, 0.15) is 5.82 Å². The van der Waals surface area contributed by atoms with Gasteiger partial charge in [-0.05, 0) is 30.8 Å². The molecule has 3 aromatic rings. The molecule has 0 saturated heterocycles. The fourth-order valence-corrected chi connectivity index (χ4v) is 2.56. The van der Waals surface area contributed by atoms with Crippen molar-refractivity contribution in [2.24, 2.45) is 0 Å². The number of imidazole rings is 1. The van der Waals surface area contributed by atoms with Gasteiger partial charge >= 0.3 is 0 Å². The monoisotopic (exact) mass is 279 g/mol. The summed E-state index contributed by atoms with van der Waals surface area (Å²) in [6, 6.07) is 16.8. The Labute approximate surface area is 125 Å².